The molecule has 4 heteroatoms. The molecular weight excluding hydrogens is 208 g/mol. The molecule has 0 amide bonds. The molecule has 1 aromatic rings. The zero-order valence-electron chi connectivity index (χ0n) is 9.20. The van der Waals surface area contributed by atoms with Crippen molar-refractivity contribution >= 4 is 22.5 Å². The summed E-state index contributed by atoms with van der Waals surface area (Å²) in [5.74, 6) is 0.525. The van der Waals surface area contributed by atoms with Crippen molar-refractivity contribution in [3.05, 3.63) is 10.6 Å². The van der Waals surface area contributed by atoms with Crippen molar-refractivity contribution in [1.29, 1.82) is 0 Å². The summed E-state index contributed by atoms with van der Waals surface area (Å²) in [4.78, 5) is 19.4. The van der Waals surface area contributed by atoms with Crippen LogP contribution in [0.5, 0.6) is 0 Å². The lowest BCUT2D eigenvalue weighted by Gasteiger charge is -2.32. The first-order valence-corrected chi connectivity index (χ1v) is 5.91. The van der Waals surface area contributed by atoms with Crippen molar-refractivity contribution < 1.29 is 4.79 Å². The molecule has 0 saturated carbocycles. The van der Waals surface area contributed by atoms with Crippen molar-refractivity contribution in [2.75, 3.05) is 0 Å². The van der Waals surface area contributed by atoms with Crippen LogP contribution in [-0.4, -0.2) is 11.1 Å². The molecule has 1 atom stereocenters. The predicted molar refractivity (Wildman–Crippen MR) is 60.4 cm³/mol. The fourth-order valence-corrected chi connectivity index (χ4v) is 3.35. The SMILES string of the molecule is CC1CC(C)(C)Cc2nc(N=C=O)sc21. The van der Waals surface area contributed by atoms with Gasteiger partial charge in [-0.2, -0.15) is 0 Å². The highest BCUT2D eigenvalue weighted by Gasteiger charge is 2.32. The van der Waals surface area contributed by atoms with Crippen LogP contribution in [0.1, 0.15) is 43.7 Å². The molecule has 3 nitrogen and oxygen atoms in total. The minimum absolute atomic E-state index is 0.308. The van der Waals surface area contributed by atoms with Gasteiger partial charge in [0, 0.05) is 4.88 Å². The molecule has 0 aliphatic heterocycles. The third-order valence-corrected chi connectivity index (χ3v) is 4.03. The fourth-order valence-electron chi connectivity index (χ4n) is 2.40. The number of carbonyl (C=O) groups excluding carboxylic acids is 1. The predicted octanol–water partition coefficient (Wildman–Crippen LogP) is 3.19. The molecule has 1 aromatic heterocycles. The van der Waals surface area contributed by atoms with Crippen LogP contribution in [0, 0.1) is 5.41 Å². The Morgan fingerprint density at radius 3 is 3.00 bits per heavy atom. The van der Waals surface area contributed by atoms with Gasteiger partial charge in [-0.3, -0.25) is 0 Å². The molecule has 0 radical (unpaired) electrons. The van der Waals surface area contributed by atoms with E-state index in [1.54, 1.807) is 6.08 Å². The molecule has 1 aliphatic carbocycles. The number of fused-ring (bicyclic) bond motifs is 1. The van der Waals surface area contributed by atoms with Gasteiger partial charge in [0.1, 0.15) is 0 Å². The Hall–Kier alpha value is -0.990. The number of isocyanates is 1. The molecule has 1 unspecified atom stereocenters. The standard InChI is InChI=1S/C11H14N2OS/c1-7-4-11(2,3)5-8-9(7)15-10(13-8)12-6-14/h7H,4-5H2,1-3H3. The Kier molecular flexibility index (Phi) is 2.49. The molecule has 0 bridgehead atoms. The van der Waals surface area contributed by atoms with E-state index in [0.717, 1.165) is 12.1 Å². The molecule has 15 heavy (non-hydrogen) atoms. The molecule has 80 valence electrons. The van der Waals surface area contributed by atoms with Crippen LogP contribution < -0.4 is 0 Å². The Morgan fingerprint density at radius 1 is 1.60 bits per heavy atom. The van der Waals surface area contributed by atoms with Crippen LogP contribution in [0.25, 0.3) is 0 Å². The summed E-state index contributed by atoms with van der Waals surface area (Å²) in [6.07, 6.45) is 3.71. The van der Waals surface area contributed by atoms with E-state index < -0.39 is 0 Å². The second-order valence-corrected chi connectivity index (χ2v) is 5.97. The average molecular weight is 222 g/mol. The van der Waals surface area contributed by atoms with E-state index in [2.05, 4.69) is 30.7 Å². The van der Waals surface area contributed by atoms with Gasteiger partial charge in [-0.25, -0.2) is 9.78 Å². The minimum atomic E-state index is 0.308. The molecule has 0 fully saturated rings. The van der Waals surface area contributed by atoms with Gasteiger partial charge in [0.25, 0.3) is 0 Å². The summed E-state index contributed by atoms with van der Waals surface area (Å²) in [6, 6.07) is 0. The van der Waals surface area contributed by atoms with E-state index in [-0.39, 0.29) is 0 Å². The number of aliphatic imine (C=N–C) groups is 1. The van der Waals surface area contributed by atoms with E-state index in [0.29, 0.717) is 16.5 Å². The lowest BCUT2D eigenvalue weighted by molar-refractivity contribution is 0.288. The molecule has 0 N–H and O–H groups in total. The van der Waals surface area contributed by atoms with Gasteiger partial charge in [-0.05, 0) is 24.2 Å². The molecular formula is C11H14N2OS. The van der Waals surface area contributed by atoms with Gasteiger partial charge in [0.05, 0.1) is 5.69 Å². The summed E-state index contributed by atoms with van der Waals surface area (Å²) in [7, 11) is 0. The first-order valence-electron chi connectivity index (χ1n) is 5.09. The van der Waals surface area contributed by atoms with Crippen LogP contribution in [0.3, 0.4) is 0 Å². The number of hydrogen-bond donors (Lipinski definition) is 0. The Morgan fingerprint density at radius 2 is 2.33 bits per heavy atom. The van der Waals surface area contributed by atoms with Crippen molar-refractivity contribution in [2.45, 2.75) is 39.5 Å². The van der Waals surface area contributed by atoms with Gasteiger partial charge in [-0.15, -0.1) is 4.99 Å². The second-order valence-electron chi connectivity index (χ2n) is 4.96. The maximum absolute atomic E-state index is 10.2. The molecule has 0 aromatic carbocycles. The maximum Gasteiger partial charge on any atom is 0.242 e. The summed E-state index contributed by atoms with van der Waals surface area (Å²) >= 11 is 1.53. The van der Waals surface area contributed by atoms with Gasteiger partial charge in [-0.1, -0.05) is 32.1 Å². The summed E-state index contributed by atoms with van der Waals surface area (Å²) in [6.45, 7) is 6.73. The number of hydrogen-bond acceptors (Lipinski definition) is 4. The highest BCUT2D eigenvalue weighted by molar-refractivity contribution is 7.15. The lowest BCUT2D eigenvalue weighted by Crippen LogP contribution is -2.23. The lowest BCUT2D eigenvalue weighted by atomic mass is 9.74. The van der Waals surface area contributed by atoms with Crippen LogP contribution >= 0.6 is 11.3 Å². The molecule has 1 aliphatic rings. The fraction of sp³-hybridized carbons (Fsp3) is 0.636. The third-order valence-electron chi connectivity index (χ3n) is 2.81. The monoisotopic (exact) mass is 222 g/mol. The normalized spacial score (nSPS) is 23.0. The number of rotatable bonds is 1. The number of aromatic nitrogens is 1. The summed E-state index contributed by atoms with van der Waals surface area (Å²) in [5, 5.41) is 0.555. The quantitative estimate of drug-likeness (QED) is 0.541. The van der Waals surface area contributed by atoms with Gasteiger partial charge in [0.15, 0.2) is 0 Å². The summed E-state index contributed by atoms with van der Waals surface area (Å²) < 4.78 is 0. The zero-order valence-corrected chi connectivity index (χ0v) is 10.0. The minimum Gasteiger partial charge on any atom is -0.222 e. The van der Waals surface area contributed by atoms with Crippen molar-refractivity contribution in [3.63, 3.8) is 0 Å². The largest absolute Gasteiger partial charge is 0.242 e. The van der Waals surface area contributed by atoms with Gasteiger partial charge >= 0.3 is 0 Å². The van der Waals surface area contributed by atoms with E-state index in [1.807, 2.05) is 0 Å². The van der Waals surface area contributed by atoms with Crippen molar-refractivity contribution in [2.24, 2.45) is 10.4 Å². The average Bonchev–Trinajstić information content (AvgIpc) is 2.46. The first-order chi connectivity index (χ1) is 7.02. The van der Waals surface area contributed by atoms with E-state index in [9.17, 15) is 4.79 Å². The number of nitrogens with zero attached hydrogens (tertiary/aromatic N) is 2. The second kappa shape index (κ2) is 3.54. The maximum atomic E-state index is 10.2. The highest BCUT2D eigenvalue weighted by atomic mass is 32.1. The highest BCUT2D eigenvalue weighted by Crippen LogP contribution is 2.45. The summed E-state index contributed by atoms with van der Waals surface area (Å²) in [5.41, 5.74) is 1.43. The third kappa shape index (κ3) is 2.01. The molecule has 2 rings (SSSR count). The van der Waals surface area contributed by atoms with Crippen LogP contribution in [0.2, 0.25) is 0 Å². The topological polar surface area (TPSA) is 42.3 Å². The van der Waals surface area contributed by atoms with Crippen LogP contribution in [0.15, 0.2) is 4.99 Å². The van der Waals surface area contributed by atoms with E-state index in [4.69, 9.17) is 0 Å². The molecule has 0 spiro atoms. The number of thiazole rings is 1. The molecule has 1 heterocycles. The molecule has 0 saturated heterocycles. The Balaban J connectivity index is 2.42. The zero-order chi connectivity index (χ0) is 11.1. The van der Waals surface area contributed by atoms with Crippen LogP contribution in [-0.2, 0) is 11.2 Å². The van der Waals surface area contributed by atoms with Gasteiger partial charge in [0.2, 0.25) is 11.2 Å². The van der Waals surface area contributed by atoms with Crippen molar-refractivity contribution in [1.82, 2.24) is 4.98 Å². The Labute approximate surface area is 93.3 Å². The first kappa shape index (κ1) is 10.5. The van der Waals surface area contributed by atoms with Crippen LogP contribution in [0.4, 0.5) is 5.13 Å². The van der Waals surface area contributed by atoms with E-state index >= 15 is 0 Å². The smallest absolute Gasteiger partial charge is 0.222 e. The Bertz CT molecular complexity index is 430. The van der Waals surface area contributed by atoms with Crippen molar-refractivity contribution in [3.8, 4) is 0 Å². The van der Waals surface area contributed by atoms with Gasteiger partial charge < -0.3 is 0 Å². The van der Waals surface area contributed by atoms with E-state index in [1.165, 1.54) is 22.6 Å².